The van der Waals surface area contributed by atoms with Crippen LogP contribution in [0, 0.1) is 0 Å². The van der Waals surface area contributed by atoms with Crippen molar-refractivity contribution in [1.82, 2.24) is 14.9 Å². The molecule has 2 heterocycles. The number of hydrogen-bond donors (Lipinski definition) is 1. The van der Waals surface area contributed by atoms with E-state index in [9.17, 15) is 4.79 Å². The number of aryl methyl sites for hydroxylation is 1. The van der Waals surface area contributed by atoms with Gasteiger partial charge in [-0.3, -0.25) is 4.79 Å². The highest BCUT2D eigenvalue weighted by Gasteiger charge is 2.15. The zero-order chi connectivity index (χ0) is 9.42. The molecule has 0 aliphatic heterocycles. The van der Waals surface area contributed by atoms with Gasteiger partial charge in [0.2, 0.25) is 0 Å². The number of carbonyl (C=O) groups is 1. The first-order chi connectivity index (χ1) is 6.24. The molecule has 5 heteroatoms. The summed E-state index contributed by atoms with van der Waals surface area (Å²) in [7, 11) is 3.40. The SMILES string of the molecule is CNC(=O)c1cn(C)c2ncoc12. The Balaban J connectivity index is 2.68. The van der Waals surface area contributed by atoms with Gasteiger partial charge in [0.05, 0.1) is 0 Å². The Bertz CT molecular complexity index is 455. The number of oxazole rings is 1. The molecule has 1 amide bonds. The van der Waals surface area contributed by atoms with Crippen LogP contribution in [0.5, 0.6) is 0 Å². The molecule has 5 nitrogen and oxygen atoms in total. The molecule has 0 spiro atoms. The normalized spacial score (nSPS) is 10.6. The minimum absolute atomic E-state index is 0.164. The van der Waals surface area contributed by atoms with E-state index >= 15 is 0 Å². The summed E-state index contributed by atoms with van der Waals surface area (Å²) in [5.74, 6) is -0.164. The first-order valence-electron chi connectivity index (χ1n) is 3.84. The third kappa shape index (κ3) is 1.00. The van der Waals surface area contributed by atoms with E-state index in [2.05, 4.69) is 10.3 Å². The van der Waals surface area contributed by atoms with Crippen LogP contribution in [0.3, 0.4) is 0 Å². The van der Waals surface area contributed by atoms with Gasteiger partial charge in [0.1, 0.15) is 5.56 Å². The second kappa shape index (κ2) is 2.62. The Kier molecular flexibility index (Phi) is 1.58. The summed E-state index contributed by atoms with van der Waals surface area (Å²) in [5, 5.41) is 2.54. The van der Waals surface area contributed by atoms with Gasteiger partial charge in [-0.25, -0.2) is 0 Å². The first kappa shape index (κ1) is 7.85. The van der Waals surface area contributed by atoms with Crippen molar-refractivity contribution in [1.29, 1.82) is 0 Å². The number of carbonyl (C=O) groups excluding carboxylic acids is 1. The minimum Gasteiger partial charge on any atom is -0.441 e. The van der Waals surface area contributed by atoms with Crippen LogP contribution in [0.4, 0.5) is 0 Å². The van der Waals surface area contributed by atoms with Crippen LogP contribution < -0.4 is 5.32 Å². The molecule has 1 N–H and O–H groups in total. The number of rotatable bonds is 1. The summed E-state index contributed by atoms with van der Waals surface area (Å²) in [4.78, 5) is 15.3. The highest BCUT2D eigenvalue weighted by atomic mass is 16.3. The standard InChI is InChI=1S/C8H9N3O2/c1-9-8(12)5-3-11(2)7-6(5)13-4-10-7/h3-4H,1-2H3,(H,9,12). The van der Waals surface area contributed by atoms with Crippen LogP contribution in [-0.4, -0.2) is 22.5 Å². The van der Waals surface area contributed by atoms with Gasteiger partial charge in [0.25, 0.3) is 5.91 Å². The molecular formula is C8H9N3O2. The van der Waals surface area contributed by atoms with Gasteiger partial charge in [-0.1, -0.05) is 0 Å². The van der Waals surface area contributed by atoms with Gasteiger partial charge < -0.3 is 14.3 Å². The fourth-order valence-corrected chi connectivity index (χ4v) is 1.29. The molecule has 0 aliphatic rings. The van der Waals surface area contributed by atoms with Crippen molar-refractivity contribution in [3.63, 3.8) is 0 Å². The van der Waals surface area contributed by atoms with Gasteiger partial charge in [-0.2, -0.15) is 4.98 Å². The largest absolute Gasteiger partial charge is 0.441 e. The number of amides is 1. The number of hydrogen-bond acceptors (Lipinski definition) is 3. The van der Waals surface area contributed by atoms with E-state index in [-0.39, 0.29) is 5.91 Å². The molecule has 2 aromatic heterocycles. The minimum atomic E-state index is -0.164. The zero-order valence-corrected chi connectivity index (χ0v) is 7.37. The van der Waals surface area contributed by atoms with Crippen LogP contribution in [0.1, 0.15) is 10.4 Å². The maximum atomic E-state index is 11.3. The lowest BCUT2D eigenvalue weighted by Crippen LogP contribution is -2.17. The molecule has 0 aliphatic carbocycles. The molecule has 0 unspecified atom stereocenters. The molecule has 0 saturated heterocycles. The molecule has 0 atom stereocenters. The molecular weight excluding hydrogens is 170 g/mol. The average molecular weight is 179 g/mol. The van der Waals surface area contributed by atoms with E-state index in [1.165, 1.54) is 6.39 Å². The number of fused-ring (bicyclic) bond motifs is 1. The average Bonchev–Trinajstić information content (AvgIpc) is 2.68. The predicted octanol–water partition coefficient (Wildman–Crippen LogP) is 0.526. The summed E-state index contributed by atoms with van der Waals surface area (Å²) in [6, 6.07) is 0. The van der Waals surface area contributed by atoms with Crippen molar-refractivity contribution in [3.05, 3.63) is 18.2 Å². The highest BCUT2D eigenvalue weighted by molar-refractivity contribution is 6.03. The molecule has 0 fully saturated rings. The summed E-state index contributed by atoms with van der Waals surface area (Å²) < 4.78 is 6.85. The van der Waals surface area contributed by atoms with Crippen LogP contribution in [-0.2, 0) is 7.05 Å². The Morgan fingerprint density at radius 2 is 2.46 bits per heavy atom. The second-order valence-electron chi connectivity index (χ2n) is 2.74. The van der Waals surface area contributed by atoms with Crippen molar-refractivity contribution < 1.29 is 9.21 Å². The van der Waals surface area contributed by atoms with Crippen molar-refractivity contribution in [2.45, 2.75) is 0 Å². The van der Waals surface area contributed by atoms with E-state index in [4.69, 9.17) is 4.42 Å². The van der Waals surface area contributed by atoms with Gasteiger partial charge in [-0.05, 0) is 0 Å². The quantitative estimate of drug-likeness (QED) is 0.694. The summed E-state index contributed by atoms with van der Waals surface area (Å²) in [5.41, 5.74) is 1.72. The van der Waals surface area contributed by atoms with E-state index in [1.54, 1.807) is 17.8 Å². The topological polar surface area (TPSA) is 60.1 Å². The second-order valence-corrected chi connectivity index (χ2v) is 2.74. The fraction of sp³-hybridized carbons (Fsp3) is 0.250. The van der Waals surface area contributed by atoms with Gasteiger partial charge in [0, 0.05) is 20.3 Å². The van der Waals surface area contributed by atoms with E-state index in [0.717, 1.165) is 0 Å². The van der Waals surface area contributed by atoms with E-state index < -0.39 is 0 Å². The summed E-state index contributed by atoms with van der Waals surface area (Å²) in [6.07, 6.45) is 3.02. The first-order valence-corrected chi connectivity index (χ1v) is 3.84. The lowest BCUT2D eigenvalue weighted by molar-refractivity contribution is 0.0963. The molecule has 0 aromatic carbocycles. The Morgan fingerprint density at radius 1 is 1.69 bits per heavy atom. The van der Waals surface area contributed by atoms with Crippen LogP contribution in [0.15, 0.2) is 17.0 Å². The lowest BCUT2D eigenvalue weighted by Gasteiger charge is -1.92. The molecule has 2 rings (SSSR count). The molecule has 0 radical (unpaired) electrons. The summed E-state index contributed by atoms with van der Waals surface area (Å²) >= 11 is 0. The van der Waals surface area contributed by atoms with Crippen molar-refractivity contribution in [3.8, 4) is 0 Å². The smallest absolute Gasteiger partial charge is 0.256 e. The molecule has 68 valence electrons. The van der Waals surface area contributed by atoms with Crippen molar-refractivity contribution in [2.75, 3.05) is 7.05 Å². The van der Waals surface area contributed by atoms with Gasteiger partial charge >= 0.3 is 0 Å². The number of nitrogens with one attached hydrogen (secondary N) is 1. The van der Waals surface area contributed by atoms with Gasteiger partial charge in [0.15, 0.2) is 17.6 Å². The van der Waals surface area contributed by atoms with E-state index in [0.29, 0.717) is 16.8 Å². The Labute approximate surface area is 74.4 Å². The number of nitrogens with zero attached hydrogens (tertiary/aromatic N) is 2. The third-order valence-corrected chi connectivity index (χ3v) is 1.92. The van der Waals surface area contributed by atoms with E-state index in [1.807, 2.05) is 7.05 Å². The highest BCUT2D eigenvalue weighted by Crippen LogP contribution is 2.18. The van der Waals surface area contributed by atoms with Crippen LogP contribution in [0.2, 0.25) is 0 Å². The van der Waals surface area contributed by atoms with Gasteiger partial charge in [-0.15, -0.1) is 0 Å². The monoisotopic (exact) mass is 179 g/mol. The zero-order valence-electron chi connectivity index (χ0n) is 7.37. The van der Waals surface area contributed by atoms with Crippen molar-refractivity contribution >= 4 is 17.1 Å². The maximum absolute atomic E-state index is 11.3. The molecule has 2 aromatic rings. The predicted molar refractivity (Wildman–Crippen MR) is 46.4 cm³/mol. The molecule has 13 heavy (non-hydrogen) atoms. The molecule has 0 saturated carbocycles. The summed E-state index contributed by atoms with van der Waals surface area (Å²) in [6.45, 7) is 0. The maximum Gasteiger partial charge on any atom is 0.256 e. The Morgan fingerprint density at radius 3 is 3.15 bits per heavy atom. The van der Waals surface area contributed by atoms with Crippen LogP contribution >= 0.6 is 0 Å². The third-order valence-electron chi connectivity index (χ3n) is 1.92. The van der Waals surface area contributed by atoms with Crippen LogP contribution in [0.25, 0.3) is 11.2 Å². The Hall–Kier alpha value is -1.78. The number of aromatic nitrogens is 2. The van der Waals surface area contributed by atoms with Crippen molar-refractivity contribution in [2.24, 2.45) is 7.05 Å². The lowest BCUT2D eigenvalue weighted by atomic mass is 10.3. The fourth-order valence-electron chi connectivity index (χ4n) is 1.29. The molecule has 0 bridgehead atoms.